The maximum Gasteiger partial charge on any atom is 0.0462 e. The van der Waals surface area contributed by atoms with Gasteiger partial charge < -0.3 is 5.73 Å². The molecule has 2 rings (SSSR count). The summed E-state index contributed by atoms with van der Waals surface area (Å²) in [7, 11) is 0. The van der Waals surface area contributed by atoms with Crippen LogP contribution in [0, 0.1) is 5.92 Å². The van der Waals surface area contributed by atoms with E-state index in [1.54, 1.807) is 0 Å². The van der Waals surface area contributed by atoms with Gasteiger partial charge in [0.1, 0.15) is 0 Å². The Morgan fingerprint density at radius 2 is 2.29 bits per heavy atom. The van der Waals surface area contributed by atoms with Crippen LogP contribution in [0.3, 0.4) is 0 Å². The monoisotopic (exact) mass is 316 g/mol. The number of benzene rings is 1. The van der Waals surface area contributed by atoms with E-state index in [1.807, 2.05) is 12.1 Å². The van der Waals surface area contributed by atoms with Gasteiger partial charge in [-0.25, -0.2) is 0 Å². The van der Waals surface area contributed by atoms with Crippen molar-refractivity contribution in [2.24, 2.45) is 11.7 Å². The highest BCUT2D eigenvalue weighted by atomic mass is 79.9. The molecule has 0 amide bonds. The molecule has 0 radical (unpaired) electrons. The van der Waals surface area contributed by atoms with E-state index in [0.29, 0.717) is 5.92 Å². The molecule has 1 aliphatic heterocycles. The molecule has 94 valence electrons. The van der Waals surface area contributed by atoms with E-state index in [4.69, 9.17) is 17.3 Å². The zero-order chi connectivity index (χ0) is 12.4. The summed E-state index contributed by atoms with van der Waals surface area (Å²) in [5, 5.41) is 0.826. The highest BCUT2D eigenvalue weighted by molar-refractivity contribution is 9.10. The SMILES string of the molecule is CC1CCN(Cc2ccc(Br)cc2Cl)CC1N. The summed E-state index contributed by atoms with van der Waals surface area (Å²) in [6.07, 6.45) is 1.18. The largest absolute Gasteiger partial charge is 0.326 e. The summed E-state index contributed by atoms with van der Waals surface area (Å²) < 4.78 is 1.02. The molecule has 2 atom stereocenters. The molecule has 17 heavy (non-hydrogen) atoms. The van der Waals surface area contributed by atoms with Gasteiger partial charge in [-0.3, -0.25) is 4.90 Å². The van der Waals surface area contributed by atoms with Gasteiger partial charge in [0.05, 0.1) is 0 Å². The molecule has 4 heteroatoms. The lowest BCUT2D eigenvalue weighted by Crippen LogP contribution is -2.47. The molecular weight excluding hydrogens is 300 g/mol. The maximum atomic E-state index is 6.23. The van der Waals surface area contributed by atoms with Gasteiger partial charge in [0.2, 0.25) is 0 Å². The number of halogens is 2. The first-order valence-electron chi connectivity index (χ1n) is 5.98. The fraction of sp³-hybridized carbons (Fsp3) is 0.538. The second kappa shape index (κ2) is 5.70. The minimum Gasteiger partial charge on any atom is -0.326 e. The maximum absolute atomic E-state index is 6.23. The lowest BCUT2D eigenvalue weighted by molar-refractivity contribution is 0.162. The van der Waals surface area contributed by atoms with E-state index >= 15 is 0 Å². The van der Waals surface area contributed by atoms with Crippen molar-refractivity contribution in [3.05, 3.63) is 33.3 Å². The summed E-state index contributed by atoms with van der Waals surface area (Å²) in [4.78, 5) is 2.39. The van der Waals surface area contributed by atoms with Crippen LogP contribution in [0.4, 0.5) is 0 Å². The minimum atomic E-state index is 0.290. The molecule has 1 aromatic rings. The van der Waals surface area contributed by atoms with Gasteiger partial charge in [-0.05, 0) is 36.6 Å². The molecule has 1 fully saturated rings. The molecule has 0 bridgehead atoms. The van der Waals surface area contributed by atoms with Crippen molar-refractivity contribution in [2.75, 3.05) is 13.1 Å². The predicted octanol–water partition coefficient (Wildman–Crippen LogP) is 3.27. The van der Waals surface area contributed by atoms with E-state index in [2.05, 4.69) is 33.8 Å². The van der Waals surface area contributed by atoms with Gasteiger partial charge in [0.25, 0.3) is 0 Å². The van der Waals surface area contributed by atoms with Crippen molar-refractivity contribution in [1.82, 2.24) is 4.90 Å². The number of nitrogens with two attached hydrogens (primary N) is 1. The quantitative estimate of drug-likeness (QED) is 0.907. The van der Waals surface area contributed by atoms with Crippen LogP contribution in [0.1, 0.15) is 18.9 Å². The summed E-state index contributed by atoms with van der Waals surface area (Å²) in [6, 6.07) is 6.35. The summed E-state index contributed by atoms with van der Waals surface area (Å²) in [5.41, 5.74) is 7.28. The Hall–Kier alpha value is -0.0900. The Kier molecular flexibility index (Phi) is 4.47. The molecule has 2 N–H and O–H groups in total. The van der Waals surface area contributed by atoms with E-state index < -0.39 is 0 Å². The number of nitrogens with zero attached hydrogens (tertiary/aromatic N) is 1. The summed E-state index contributed by atoms with van der Waals surface area (Å²) >= 11 is 9.65. The van der Waals surface area contributed by atoms with Crippen molar-refractivity contribution in [1.29, 1.82) is 0 Å². The average molecular weight is 318 g/mol. The van der Waals surface area contributed by atoms with Crippen LogP contribution in [0.15, 0.2) is 22.7 Å². The van der Waals surface area contributed by atoms with Crippen molar-refractivity contribution < 1.29 is 0 Å². The smallest absolute Gasteiger partial charge is 0.0462 e. The fourth-order valence-electron chi connectivity index (χ4n) is 2.20. The van der Waals surface area contributed by atoms with Crippen LogP contribution in [0.2, 0.25) is 5.02 Å². The molecule has 2 nitrogen and oxygen atoms in total. The first kappa shape index (κ1) is 13.3. The molecular formula is C13H18BrClN2. The molecule has 0 aliphatic carbocycles. The number of rotatable bonds is 2. The van der Waals surface area contributed by atoms with Crippen LogP contribution in [0.25, 0.3) is 0 Å². The van der Waals surface area contributed by atoms with Crippen molar-refractivity contribution >= 4 is 27.5 Å². The topological polar surface area (TPSA) is 29.3 Å². The van der Waals surface area contributed by atoms with Gasteiger partial charge in [-0.2, -0.15) is 0 Å². The lowest BCUT2D eigenvalue weighted by Gasteiger charge is -2.35. The molecule has 2 unspecified atom stereocenters. The third-order valence-corrected chi connectivity index (χ3v) is 4.35. The Bertz CT molecular complexity index is 397. The first-order chi connectivity index (χ1) is 8.06. The number of hydrogen-bond donors (Lipinski definition) is 1. The molecule has 0 spiro atoms. The summed E-state index contributed by atoms with van der Waals surface area (Å²) in [5.74, 6) is 0.631. The normalized spacial score (nSPS) is 26.1. The molecule has 1 saturated heterocycles. The third-order valence-electron chi connectivity index (χ3n) is 3.51. The zero-order valence-corrected chi connectivity index (χ0v) is 12.3. The van der Waals surface area contributed by atoms with Crippen molar-refractivity contribution in [3.63, 3.8) is 0 Å². The second-order valence-electron chi connectivity index (χ2n) is 4.90. The highest BCUT2D eigenvalue weighted by Gasteiger charge is 2.23. The van der Waals surface area contributed by atoms with Crippen molar-refractivity contribution in [3.8, 4) is 0 Å². The van der Waals surface area contributed by atoms with Gasteiger partial charge >= 0.3 is 0 Å². The molecule has 1 aromatic carbocycles. The fourth-order valence-corrected chi connectivity index (χ4v) is 2.94. The van der Waals surface area contributed by atoms with E-state index in [1.165, 1.54) is 12.0 Å². The Morgan fingerprint density at radius 3 is 2.94 bits per heavy atom. The van der Waals surface area contributed by atoms with E-state index in [9.17, 15) is 0 Å². The van der Waals surface area contributed by atoms with Gasteiger partial charge in [-0.15, -0.1) is 0 Å². The zero-order valence-electron chi connectivity index (χ0n) is 10.00. The minimum absolute atomic E-state index is 0.290. The molecule has 1 heterocycles. The van der Waals surface area contributed by atoms with Crippen LogP contribution in [-0.2, 0) is 6.54 Å². The lowest BCUT2D eigenvalue weighted by atomic mass is 9.94. The van der Waals surface area contributed by atoms with Crippen molar-refractivity contribution in [2.45, 2.75) is 25.9 Å². The Balaban J connectivity index is 2.01. The van der Waals surface area contributed by atoms with Crippen LogP contribution < -0.4 is 5.73 Å². The van der Waals surface area contributed by atoms with Crippen LogP contribution in [0.5, 0.6) is 0 Å². The Morgan fingerprint density at radius 1 is 1.53 bits per heavy atom. The number of hydrogen-bond acceptors (Lipinski definition) is 2. The number of piperidine rings is 1. The van der Waals surface area contributed by atoms with Gasteiger partial charge in [0, 0.05) is 28.6 Å². The molecule has 1 aliphatic rings. The average Bonchev–Trinajstić information content (AvgIpc) is 2.27. The van der Waals surface area contributed by atoms with E-state index in [0.717, 1.165) is 29.1 Å². The molecule has 0 aromatic heterocycles. The third kappa shape index (κ3) is 3.44. The standard InChI is InChI=1S/C13H18BrClN2/c1-9-4-5-17(8-13(9)16)7-10-2-3-11(14)6-12(10)15/h2-3,6,9,13H,4-5,7-8,16H2,1H3. The van der Waals surface area contributed by atoms with Crippen LogP contribution >= 0.6 is 27.5 Å². The Labute approximate surface area is 116 Å². The molecule has 0 saturated carbocycles. The van der Waals surface area contributed by atoms with Gasteiger partial charge in [0.15, 0.2) is 0 Å². The van der Waals surface area contributed by atoms with E-state index in [-0.39, 0.29) is 6.04 Å². The number of likely N-dealkylation sites (tertiary alicyclic amines) is 1. The second-order valence-corrected chi connectivity index (χ2v) is 6.22. The highest BCUT2D eigenvalue weighted by Crippen LogP contribution is 2.24. The van der Waals surface area contributed by atoms with Crippen LogP contribution in [-0.4, -0.2) is 24.0 Å². The summed E-state index contributed by atoms with van der Waals surface area (Å²) in [6.45, 7) is 5.20. The van der Waals surface area contributed by atoms with Gasteiger partial charge in [-0.1, -0.05) is 40.5 Å². The predicted molar refractivity (Wildman–Crippen MR) is 76.2 cm³/mol. The first-order valence-corrected chi connectivity index (χ1v) is 7.15.